The summed E-state index contributed by atoms with van der Waals surface area (Å²) in [4.78, 5) is 62.5. The Hall–Kier alpha value is -3.03. The molecular formula is C21H25N3O5. The number of amides is 5. The number of piperidine rings is 1. The summed E-state index contributed by atoms with van der Waals surface area (Å²) in [5.74, 6) is -2.10. The molecule has 3 rings (SSSR count). The van der Waals surface area contributed by atoms with Crippen LogP contribution in [0.4, 0.5) is 0 Å². The molecule has 1 fully saturated rings. The molecular weight excluding hydrogens is 374 g/mol. The van der Waals surface area contributed by atoms with Crippen molar-refractivity contribution < 1.29 is 24.0 Å². The summed E-state index contributed by atoms with van der Waals surface area (Å²) in [7, 11) is 0. The monoisotopic (exact) mass is 399 g/mol. The van der Waals surface area contributed by atoms with Gasteiger partial charge in [0.25, 0.3) is 17.7 Å². The van der Waals surface area contributed by atoms with Gasteiger partial charge in [-0.2, -0.15) is 0 Å². The van der Waals surface area contributed by atoms with E-state index >= 15 is 0 Å². The van der Waals surface area contributed by atoms with E-state index in [0.717, 1.165) is 19.3 Å². The molecule has 1 atom stereocenters. The van der Waals surface area contributed by atoms with E-state index in [0.29, 0.717) is 11.1 Å². The minimum Gasteiger partial charge on any atom is -0.320 e. The molecule has 8 heteroatoms. The first-order valence-electron chi connectivity index (χ1n) is 9.89. The first kappa shape index (κ1) is 20.7. The zero-order valence-electron chi connectivity index (χ0n) is 16.7. The molecule has 0 saturated carbocycles. The molecule has 0 aromatic heterocycles. The Bertz CT molecular complexity index is 894. The maximum absolute atomic E-state index is 13.0. The third-order valence-electron chi connectivity index (χ3n) is 5.61. The van der Waals surface area contributed by atoms with Crippen molar-refractivity contribution in [3.63, 3.8) is 0 Å². The van der Waals surface area contributed by atoms with Crippen molar-refractivity contribution in [2.75, 3.05) is 0 Å². The van der Waals surface area contributed by atoms with Crippen LogP contribution >= 0.6 is 0 Å². The average Bonchev–Trinajstić information content (AvgIpc) is 3.02. The number of hydrogen-bond donors (Lipinski definition) is 2. The molecule has 0 radical (unpaired) electrons. The van der Waals surface area contributed by atoms with Crippen molar-refractivity contribution in [3.8, 4) is 0 Å². The van der Waals surface area contributed by atoms with Gasteiger partial charge in [-0.15, -0.1) is 0 Å². The molecule has 5 amide bonds. The van der Waals surface area contributed by atoms with Gasteiger partial charge in [0.05, 0.1) is 0 Å². The SMILES string of the molecule is CCCCCC(=O)NC(=O)c1ccc2c(c1)C(=O)N([C@@]1(C)CCC(=O)NC1=O)C2. The van der Waals surface area contributed by atoms with Crippen molar-refractivity contribution in [3.05, 3.63) is 34.9 Å². The van der Waals surface area contributed by atoms with Gasteiger partial charge in [-0.1, -0.05) is 25.8 Å². The lowest BCUT2D eigenvalue weighted by atomic mass is 9.89. The fourth-order valence-corrected chi connectivity index (χ4v) is 3.69. The van der Waals surface area contributed by atoms with E-state index in [1.807, 2.05) is 6.92 Å². The Balaban J connectivity index is 1.73. The second kappa shape index (κ2) is 8.14. The van der Waals surface area contributed by atoms with E-state index in [1.165, 1.54) is 11.0 Å². The molecule has 0 aliphatic carbocycles. The van der Waals surface area contributed by atoms with E-state index in [-0.39, 0.29) is 49.1 Å². The van der Waals surface area contributed by atoms with E-state index in [2.05, 4.69) is 10.6 Å². The van der Waals surface area contributed by atoms with Crippen LogP contribution < -0.4 is 10.6 Å². The molecule has 2 aliphatic heterocycles. The van der Waals surface area contributed by atoms with E-state index in [1.54, 1.807) is 19.1 Å². The van der Waals surface area contributed by atoms with Crippen molar-refractivity contribution >= 4 is 29.5 Å². The third kappa shape index (κ3) is 4.06. The summed E-state index contributed by atoms with van der Waals surface area (Å²) in [6, 6.07) is 4.69. The lowest BCUT2D eigenvalue weighted by Gasteiger charge is -2.39. The van der Waals surface area contributed by atoms with E-state index in [9.17, 15) is 24.0 Å². The van der Waals surface area contributed by atoms with Gasteiger partial charge < -0.3 is 4.90 Å². The number of benzene rings is 1. The Morgan fingerprint density at radius 2 is 1.97 bits per heavy atom. The number of carbonyl (C=O) groups excluding carboxylic acids is 5. The first-order valence-corrected chi connectivity index (χ1v) is 9.89. The number of imide groups is 2. The van der Waals surface area contributed by atoms with E-state index < -0.39 is 17.4 Å². The summed E-state index contributed by atoms with van der Waals surface area (Å²) < 4.78 is 0. The van der Waals surface area contributed by atoms with Crippen LogP contribution in [0.2, 0.25) is 0 Å². The number of carbonyl (C=O) groups is 5. The van der Waals surface area contributed by atoms with Gasteiger partial charge >= 0.3 is 0 Å². The van der Waals surface area contributed by atoms with Crippen LogP contribution in [0.5, 0.6) is 0 Å². The van der Waals surface area contributed by atoms with Crippen LogP contribution in [0, 0.1) is 0 Å². The van der Waals surface area contributed by atoms with Crippen molar-refractivity contribution in [1.29, 1.82) is 0 Å². The summed E-state index contributed by atoms with van der Waals surface area (Å²) in [5.41, 5.74) is 0.131. The number of hydrogen-bond acceptors (Lipinski definition) is 5. The molecule has 0 spiro atoms. The normalized spacial score (nSPS) is 21.0. The van der Waals surface area contributed by atoms with Gasteiger partial charge in [0, 0.05) is 30.5 Å². The molecule has 29 heavy (non-hydrogen) atoms. The number of fused-ring (bicyclic) bond motifs is 1. The fraction of sp³-hybridized carbons (Fsp3) is 0.476. The molecule has 0 bridgehead atoms. The molecule has 1 aromatic rings. The van der Waals surface area contributed by atoms with Crippen LogP contribution in [0.25, 0.3) is 0 Å². The van der Waals surface area contributed by atoms with Gasteiger partial charge in [0.1, 0.15) is 5.54 Å². The Labute approximate surface area is 169 Å². The minimum absolute atomic E-state index is 0.163. The fourth-order valence-electron chi connectivity index (χ4n) is 3.69. The molecule has 0 unspecified atom stereocenters. The van der Waals surface area contributed by atoms with Crippen LogP contribution in [0.1, 0.15) is 78.7 Å². The number of unbranched alkanes of at least 4 members (excludes halogenated alkanes) is 2. The lowest BCUT2D eigenvalue weighted by molar-refractivity contribution is -0.142. The predicted octanol–water partition coefficient (Wildman–Crippen LogP) is 1.67. The highest BCUT2D eigenvalue weighted by Crippen LogP contribution is 2.34. The van der Waals surface area contributed by atoms with Crippen molar-refractivity contribution in [2.45, 2.75) is 64.5 Å². The second-order valence-electron chi connectivity index (χ2n) is 7.75. The van der Waals surface area contributed by atoms with Crippen LogP contribution in [-0.4, -0.2) is 40.0 Å². The van der Waals surface area contributed by atoms with Crippen LogP contribution in [0.3, 0.4) is 0 Å². The second-order valence-corrected chi connectivity index (χ2v) is 7.75. The van der Waals surface area contributed by atoms with Gasteiger partial charge in [-0.05, 0) is 37.5 Å². The quantitative estimate of drug-likeness (QED) is 0.558. The van der Waals surface area contributed by atoms with Crippen molar-refractivity contribution in [2.24, 2.45) is 0 Å². The standard InChI is InChI=1S/C21H25N3O5/c1-3-4-5-6-16(25)22-18(27)13-7-8-14-12-24(19(28)15(14)11-13)21(2)10-9-17(26)23-20(21)29/h7-8,11H,3-6,9-10,12H2,1-2H3,(H,22,25,27)(H,23,26,29)/t21-/m0/s1. The van der Waals surface area contributed by atoms with Crippen molar-refractivity contribution in [1.82, 2.24) is 15.5 Å². The molecule has 2 heterocycles. The Morgan fingerprint density at radius 3 is 2.66 bits per heavy atom. The zero-order valence-corrected chi connectivity index (χ0v) is 16.7. The molecule has 154 valence electrons. The molecule has 1 aromatic carbocycles. The van der Waals surface area contributed by atoms with Crippen LogP contribution in [0.15, 0.2) is 18.2 Å². The highest BCUT2D eigenvalue weighted by atomic mass is 16.2. The molecule has 2 aliphatic rings. The Morgan fingerprint density at radius 1 is 1.21 bits per heavy atom. The number of rotatable bonds is 6. The topological polar surface area (TPSA) is 113 Å². The van der Waals surface area contributed by atoms with Gasteiger partial charge in [0.15, 0.2) is 0 Å². The van der Waals surface area contributed by atoms with Gasteiger partial charge in [-0.25, -0.2) is 0 Å². The molecule has 8 nitrogen and oxygen atoms in total. The average molecular weight is 399 g/mol. The smallest absolute Gasteiger partial charge is 0.257 e. The maximum atomic E-state index is 13.0. The largest absolute Gasteiger partial charge is 0.320 e. The minimum atomic E-state index is -1.12. The summed E-state index contributed by atoms with van der Waals surface area (Å²) >= 11 is 0. The molecule has 1 saturated heterocycles. The van der Waals surface area contributed by atoms with E-state index in [4.69, 9.17) is 0 Å². The lowest BCUT2D eigenvalue weighted by Crippen LogP contribution is -2.61. The van der Waals surface area contributed by atoms with Gasteiger partial charge in [-0.3, -0.25) is 34.6 Å². The zero-order chi connectivity index (χ0) is 21.2. The summed E-state index contributed by atoms with van der Waals surface area (Å²) in [6.45, 7) is 3.90. The highest BCUT2D eigenvalue weighted by Gasteiger charge is 2.48. The summed E-state index contributed by atoms with van der Waals surface area (Å²) in [6.07, 6.45) is 3.31. The summed E-state index contributed by atoms with van der Waals surface area (Å²) in [5, 5.41) is 4.64. The third-order valence-corrected chi connectivity index (χ3v) is 5.61. The first-order chi connectivity index (χ1) is 13.8. The maximum Gasteiger partial charge on any atom is 0.257 e. The number of nitrogens with zero attached hydrogens (tertiary/aromatic N) is 1. The predicted molar refractivity (Wildman–Crippen MR) is 104 cm³/mol. The van der Waals surface area contributed by atoms with Crippen LogP contribution in [-0.2, 0) is 20.9 Å². The highest BCUT2D eigenvalue weighted by molar-refractivity contribution is 6.09. The Kier molecular flexibility index (Phi) is 5.81. The van der Waals surface area contributed by atoms with Gasteiger partial charge in [0.2, 0.25) is 11.8 Å². The molecule has 2 N–H and O–H groups in total. The number of nitrogens with one attached hydrogen (secondary N) is 2.